The molecule has 0 saturated carbocycles. The fourth-order valence-electron chi connectivity index (χ4n) is 2.82. The average molecular weight is 363 g/mol. The molecule has 0 atom stereocenters. The summed E-state index contributed by atoms with van der Waals surface area (Å²) in [5, 5.41) is 3.71. The predicted molar refractivity (Wildman–Crippen MR) is 97.2 cm³/mol. The SMILES string of the molecule is CCC(=O)N1CCc2cc(C(=O)Nc3cc(Cl)cc(Cl)c3)ccc21. The lowest BCUT2D eigenvalue weighted by atomic mass is 10.1. The summed E-state index contributed by atoms with van der Waals surface area (Å²) in [5.41, 5.74) is 2.98. The molecule has 1 heterocycles. The standard InChI is InChI=1S/C18H16Cl2N2O2/c1-2-17(23)22-6-5-11-7-12(3-4-16(11)22)18(24)21-15-9-13(19)8-14(20)10-15/h3-4,7-10H,2,5-6H2,1H3,(H,21,24). The molecule has 0 spiro atoms. The lowest BCUT2D eigenvalue weighted by Crippen LogP contribution is -2.27. The summed E-state index contributed by atoms with van der Waals surface area (Å²) in [7, 11) is 0. The molecule has 1 N–H and O–H groups in total. The van der Waals surface area contributed by atoms with E-state index in [4.69, 9.17) is 23.2 Å². The molecule has 0 saturated heterocycles. The van der Waals surface area contributed by atoms with E-state index in [1.165, 1.54) is 0 Å². The van der Waals surface area contributed by atoms with Crippen molar-refractivity contribution in [3.05, 3.63) is 57.6 Å². The topological polar surface area (TPSA) is 49.4 Å². The highest BCUT2D eigenvalue weighted by Crippen LogP contribution is 2.30. The Morgan fingerprint density at radius 3 is 2.50 bits per heavy atom. The number of amides is 2. The van der Waals surface area contributed by atoms with Crippen LogP contribution in [0.2, 0.25) is 10.0 Å². The van der Waals surface area contributed by atoms with Gasteiger partial charge in [-0.25, -0.2) is 0 Å². The van der Waals surface area contributed by atoms with E-state index in [0.717, 1.165) is 17.7 Å². The van der Waals surface area contributed by atoms with Crippen molar-refractivity contribution < 1.29 is 9.59 Å². The smallest absolute Gasteiger partial charge is 0.255 e. The first-order chi connectivity index (χ1) is 11.5. The minimum Gasteiger partial charge on any atom is -0.322 e. The van der Waals surface area contributed by atoms with Crippen molar-refractivity contribution in [2.75, 3.05) is 16.8 Å². The Hall–Kier alpha value is -2.04. The Balaban J connectivity index is 1.81. The summed E-state index contributed by atoms with van der Waals surface area (Å²) in [6.45, 7) is 2.51. The van der Waals surface area contributed by atoms with Crippen LogP contribution in [0.3, 0.4) is 0 Å². The third-order valence-corrected chi connectivity index (χ3v) is 4.40. The highest BCUT2D eigenvalue weighted by atomic mass is 35.5. The Labute approximate surface area is 150 Å². The Kier molecular flexibility index (Phi) is 4.78. The minimum absolute atomic E-state index is 0.0968. The monoisotopic (exact) mass is 362 g/mol. The summed E-state index contributed by atoms with van der Waals surface area (Å²) in [5.74, 6) is -0.143. The highest BCUT2D eigenvalue weighted by Gasteiger charge is 2.24. The van der Waals surface area contributed by atoms with E-state index in [1.807, 2.05) is 19.1 Å². The van der Waals surface area contributed by atoms with Gasteiger partial charge in [-0.05, 0) is 48.4 Å². The lowest BCUT2D eigenvalue weighted by molar-refractivity contribution is -0.118. The first-order valence-corrected chi connectivity index (χ1v) is 8.44. The second kappa shape index (κ2) is 6.83. The number of carbonyl (C=O) groups excluding carboxylic acids is 2. The van der Waals surface area contributed by atoms with Gasteiger partial charge >= 0.3 is 0 Å². The molecule has 6 heteroatoms. The maximum atomic E-state index is 12.4. The van der Waals surface area contributed by atoms with Crippen LogP contribution in [-0.4, -0.2) is 18.4 Å². The van der Waals surface area contributed by atoms with Crippen LogP contribution in [0.4, 0.5) is 11.4 Å². The number of nitrogens with one attached hydrogen (secondary N) is 1. The summed E-state index contributed by atoms with van der Waals surface area (Å²) in [4.78, 5) is 26.1. The first-order valence-electron chi connectivity index (χ1n) is 7.68. The molecule has 4 nitrogen and oxygen atoms in total. The first kappa shape index (κ1) is 16.8. The van der Waals surface area contributed by atoms with Gasteiger partial charge in [0.2, 0.25) is 5.91 Å². The minimum atomic E-state index is -0.239. The fraction of sp³-hybridized carbons (Fsp3) is 0.222. The molecule has 2 aromatic rings. The van der Waals surface area contributed by atoms with Gasteiger partial charge in [-0.15, -0.1) is 0 Å². The van der Waals surface area contributed by atoms with E-state index in [0.29, 0.717) is 34.3 Å². The van der Waals surface area contributed by atoms with Crippen LogP contribution in [0.15, 0.2) is 36.4 Å². The summed E-state index contributed by atoms with van der Waals surface area (Å²) >= 11 is 11.9. The molecule has 124 valence electrons. The van der Waals surface area contributed by atoms with Crippen LogP contribution in [0.5, 0.6) is 0 Å². The number of carbonyl (C=O) groups is 2. The largest absolute Gasteiger partial charge is 0.322 e. The van der Waals surface area contributed by atoms with Crippen LogP contribution >= 0.6 is 23.2 Å². The van der Waals surface area contributed by atoms with Crippen LogP contribution in [0, 0.1) is 0 Å². The molecular formula is C18H16Cl2N2O2. The van der Waals surface area contributed by atoms with Crippen molar-refractivity contribution in [3.63, 3.8) is 0 Å². The van der Waals surface area contributed by atoms with E-state index < -0.39 is 0 Å². The lowest BCUT2D eigenvalue weighted by Gasteiger charge is -2.16. The van der Waals surface area contributed by atoms with Crippen molar-refractivity contribution in [1.29, 1.82) is 0 Å². The Bertz CT molecular complexity index is 800. The Morgan fingerprint density at radius 1 is 1.12 bits per heavy atom. The number of halogens is 2. The van der Waals surface area contributed by atoms with Crippen LogP contribution in [-0.2, 0) is 11.2 Å². The molecular weight excluding hydrogens is 347 g/mol. The molecule has 3 rings (SSSR count). The van der Waals surface area contributed by atoms with E-state index in [9.17, 15) is 9.59 Å². The van der Waals surface area contributed by atoms with Gasteiger partial charge in [-0.1, -0.05) is 30.1 Å². The van der Waals surface area contributed by atoms with Gasteiger partial charge < -0.3 is 10.2 Å². The van der Waals surface area contributed by atoms with Crippen molar-refractivity contribution in [2.24, 2.45) is 0 Å². The van der Waals surface area contributed by atoms with Gasteiger partial charge in [0.1, 0.15) is 0 Å². The molecule has 2 aromatic carbocycles. The summed E-state index contributed by atoms with van der Waals surface area (Å²) in [6, 6.07) is 10.3. The number of rotatable bonds is 3. The van der Waals surface area contributed by atoms with Crippen molar-refractivity contribution in [3.8, 4) is 0 Å². The molecule has 24 heavy (non-hydrogen) atoms. The van der Waals surface area contributed by atoms with Crippen molar-refractivity contribution in [1.82, 2.24) is 0 Å². The number of hydrogen-bond acceptors (Lipinski definition) is 2. The molecule has 1 aliphatic heterocycles. The fourth-order valence-corrected chi connectivity index (χ4v) is 3.35. The van der Waals surface area contributed by atoms with E-state index in [-0.39, 0.29) is 11.8 Å². The quantitative estimate of drug-likeness (QED) is 0.870. The number of nitrogens with zero attached hydrogens (tertiary/aromatic N) is 1. The van der Waals surface area contributed by atoms with Gasteiger partial charge in [-0.3, -0.25) is 9.59 Å². The van der Waals surface area contributed by atoms with Gasteiger partial charge in [0.05, 0.1) is 0 Å². The normalized spacial score (nSPS) is 12.9. The third kappa shape index (κ3) is 3.40. The van der Waals surface area contributed by atoms with Gasteiger partial charge in [-0.2, -0.15) is 0 Å². The molecule has 0 aromatic heterocycles. The Morgan fingerprint density at radius 2 is 1.83 bits per heavy atom. The molecule has 1 aliphatic rings. The predicted octanol–water partition coefficient (Wildman–Crippen LogP) is 4.54. The summed E-state index contributed by atoms with van der Waals surface area (Å²) in [6.07, 6.45) is 1.22. The molecule has 0 bridgehead atoms. The zero-order valence-electron chi connectivity index (χ0n) is 13.1. The van der Waals surface area contributed by atoms with E-state index in [1.54, 1.807) is 29.2 Å². The maximum Gasteiger partial charge on any atom is 0.255 e. The molecule has 2 amide bonds. The highest BCUT2D eigenvalue weighted by molar-refractivity contribution is 6.35. The summed E-state index contributed by atoms with van der Waals surface area (Å²) < 4.78 is 0. The van der Waals surface area contributed by atoms with Crippen LogP contribution < -0.4 is 10.2 Å². The number of benzene rings is 2. The molecule has 0 unspecified atom stereocenters. The van der Waals surface area contributed by atoms with E-state index >= 15 is 0 Å². The van der Waals surface area contributed by atoms with Crippen molar-refractivity contribution >= 4 is 46.4 Å². The average Bonchev–Trinajstić information content (AvgIpc) is 2.96. The second-order valence-electron chi connectivity index (χ2n) is 5.60. The molecule has 0 aliphatic carbocycles. The number of fused-ring (bicyclic) bond motifs is 1. The third-order valence-electron chi connectivity index (χ3n) is 3.96. The molecule has 0 radical (unpaired) electrons. The maximum absolute atomic E-state index is 12.4. The zero-order chi connectivity index (χ0) is 17.3. The zero-order valence-corrected chi connectivity index (χ0v) is 14.6. The van der Waals surface area contributed by atoms with Crippen LogP contribution in [0.25, 0.3) is 0 Å². The molecule has 0 fully saturated rings. The van der Waals surface area contributed by atoms with Crippen LogP contribution in [0.1, 0.15) is 29.3 Å². The second-order valence-corrected chi connectivity index (χ2v) is 6.48. The number of anilines is 2. The van der Waals surface area contributed by atoms with E-state index in [2.05, 4.69) is 5.32 Å². The van der Waals surface area contributed by atoms with Gasteiger partial charge in [0.15, 0.2) is 0 Å². The van der Waals surface area contributed by atoms with Gasteiger partial charge in [0, 0.05) is 39.9 Å². The van der Waals surface area contributed by atoms with Gasteiger partial charge in [0.25, 0.3) is 5.91 Å². The van der Waals surface area contributed by atoms with Crippen molar-refractivity contribution in [2.45, 2.75) is 19.8 Å². The number of hydrogen-bond donors (Lipinski definition) is 1.